The van der Waals surface area contributed by atoms with Crippen LogP contribution in [-0.4, -0.2) is 27.4 Å². The van der Waals surface area contributed by atoms with Crippen LogP contribution in [0.4, 0.5) is 16.2 Å². The average molecular weight is 458 g/mol. The Kier molecular flexibility index (Phi) is 6.77. The van der Waals surface area contributed by atoms with Gasteiger partial charge in [-0.05, 0) is 62.7 Å². The summed E-state index contributed by atoms with van der Waals surface area (Å²) in [5.41, 5.74) is 4.23. The second kappa shape index (κ2) is 10.1. The van der Waals surface area contributed by atoms with Gasteiger partial charge in [0.2, 0.25) is 0 Å². The lowest BCUT2D eigenvalue weighted by Crippen LogP contribution is -2.34. The van der Waals surface area contributed by atoms with Gasteiger partial charge >= 0.3 is 6.03 Å². The molecule has 4 aromatic rings. The fourth-order valence-corrected chi connectivity index (χ4v) is 3.43. The van der Waals surface area contributed by atoms with E-state index in [0.29, 0.717) is 22.7 Å². The second-order valence-electron chi connectivity index (χ2n) is 8.27. The Morgan fingerprint density at radius 3 is 2.50 bits per heavy atom. The Morgan fingerprint density at radius 1 is 0.971 bits per heavy atom. The van der Waals surface area contributed by atoms with Crippen molar-refractivity contribution in [3.63, 3.8) is 0 Å². The molecule has 0 aliphatic heterocycles. The smallest absolute Gasteiger partial charge is 0.319 e. The molecule has 0 radical (unpaired) electrons. The number of nitrogens with one attached hydrogen (secondary N) is 3. The Balaban J connectivity index is 1.42. The number of aryl methyl sites for hydroxylation is 1. The first-order valence-corrected chi connectivity index (χ1v) is 11.0. The van der Waals surface area contributed by atoms with Crippen molar-refractivity contribution in [1.82, 2.24) is 14.7 Å². The van der Waals surface area contributed by atoms with Crippen molar-refractivity contribution >= 4 is 29.0 Å². The van der Waals surface area contributed by atoms with Crippen molar-refractivity contribution in [2.75, 3.05) is 10.6 Å². The number of anilines is 2. The molecule has 0 bridgehead atoms. The fourth-order valence-electron chi connectivity index (χ4n) is 3.43. The van der Waals surface area contributed by atoms with Crippen molar-refractivity contribution < 1.29 is 14.3 Å². The molecule has 0 unspecified atom stereocenters. The lowest BCUT2D eigenvalue weighted by molar-refractivity contribution is 0.102. The van der Waals surface area contributed by atoms with Crippen molar-refractivity contribution in [3.8, 4) is 5.75 Å². The van der Waals surface area contributed by atoms with E-state index in [0.717, 1.165) is 16.9 Å². The Morgan fingerprint density at radius 2 is 1.74 bits per heavy atom. The molecule has 3 N–H and O–H groups in total. The topological polar surface area (TPSA) is 96.8 Å². The van der Waals surface area contributed by atoms with Gasteiger partial charge < -0.3 is 25.1 Å². The maximum atomic E-state index is 12.9. The molecule has 0 saturated heterocycles. The number of para-hydroxylation sites is 2. The molecule has 2 heterocycles. The number of hydrogen-bond donors (Lipinski definition) is 3. The van der Waals surface area contributed by atoms with Crippen LogP contribution >= 0.6 is 0 Å². The summed E-state index contributed by atoms with van der Waals surface area (Å²) in [6.45, 7) is 6.06. The van der Waals surface area contributed by atoms with Gasteiger partial charge in [-0.1, -0.05) is 24.3 Å². The highest BCUT2D eigenvalue weighted by Gasteiger charge is 2.12. The van der Waals surface area contributed by atoms with Crippen LogP contribution in [0.5, 0.6) is 5.75 Å². The van der Waals surface area contributed by atoms with E-state index in [4.69, 9.17) is 4.74 Å². The van der Waals surface area contributed by atoms with E-state index < -0.39 is 0 Å². The van der Waals surface area contributed by atoms with Gasteiger partial charge in [0.15, 0.2) is 0 Å². The zero-order valence-corrected chi connectivity index (χ0v) is 19.3. The third-order valence-electron chi connectivity index (χ3n) is 4.97. The second-order valence-corrected chi connectivity index (χ2v) is 8.27. The van der Waals surface area contributed by atoms with Crippen LogP contribution in [0.1, 0.15) is 35.5 Å². The van der Waals surface area contributed by atoms with Crippen molar-refractivity contribution in [2.45, 2.75) is 33.4 Å². The zero-order chi connectivity index (χ0) is 24.1. The highest BCUT2D eigenvalue weighted by molar-refractivity contribution is 6.07. The van der Waals surface area contributed by atoms with Crippen LogP contribution in [0.2, 0.25) is 0 Å². The molecule has 0 spiro atoms. The standard InChI is InChI=1S/C26H27N5O3/c1-17(2)27-26(33)30-23-10-5-4-9-22(23)29-25(32)19-7-6-8-21(13-19)34-16-20-15-31-14-18(3)11-12-24(31)28-20/h4-15,17H,16H2,1-3H3,(H,29,32)(H2,27,30,33). The number of nitrogens with zero attached hydrogens (tertiary/aromatic N) is 2. The summed E-state index contributed by atoms with van der Waals surface area (Å²) in [6, 6.07) is 17.6. The SMILES string of the molecule is Cc1ccc2nc(COc3cccc(C(=O)Nc4ccccc4NC(=O)NC(C)C)c3)cn2c1. The van der Waals surface area contributed by atoms with Gasteiger partial charge in [-0.15, -0.1) is 0 Å². The first-order valence-electron chi connectivity index (χ1n) is 11.0. The maximum Gasteiger partial charge on any atom is 0.319 e. The van der Waals surface area contributed by atoms with Gasteiger partial charge in [0, 0.05) is 24.0 Å². The molecule has 0 saturated carbocycles. The van der Waals surface area contributed by atoms with Crippen LogP contribution in [0.25, 0.3) is 5.65 Å². The van der Waals surface area contributed by atoms with Gasteiger partial charge in [-0.3, -0.25) is 4.79 Å². The number of hydrogen-bond acceptors (Lipinski definition) is 4. The van der Waals surface area contributed by atoms with Gasteiger partial charge in [-0.25, -0.2) is 9.78 Å². The van der Waals surface area contributed by atoms with E-state index in [1.807, 2.05) is 49.7 Å². The molecule has 8 heteroatoms. The van der Waals surface area contributed by atoms with Crippen LogP contribution in [-0.2, 0) is 6.61 Å². The fraction of sp³-hybridized carbons (Fsp3) is 0.192. The Hall–Kier alpha value is -4.33. The number of fused-ring (bicyclic) bond motifs is 1. The molecule has 8 nitrogen and oxygen atoms in total. The van der Waals surface area contributed by atoms with E-state index in [1.54, 1.807) is 48.5 Å². The van der Waals surface area contributed by atoms with Gasteiger partial charge in [0.25, 0.3) is 5.91 Å². The van der Waals surface area contributed by atoms with Crippen molar-refractivity contribution in [3.05, 3.63) is 89.9 Å². The minimum absolute atomic E-state index is 0.00540. The number of carbonyl (C=O) groups excluding carboxylic acids is 2. The monoisotopic (exact) mass is 457 g/mol. The van der Waals surface area contributed by atoms with Crippen LogP contribution in [0.3, 0.4) is 0 Å². The predicted molar refractivity (Wildman–Crippen MR) is 132 cm³/mol. The molecule has 2 aromatic carbocycles. The van der Waals surface area contributed by atoms with Crippen molar-refractivity contribution in [1.29, 1.82) is 0 Å². The quantitative estimate of drug-likeness (QED) is 0.364. The summed E-state index contributed by atoms with van der Waals surface area (Å²) in [7, 11) is 0. The number of pyridine rings is 1. The summed E-state index contributed by atoms with van der Waals surface area (Å²) in [4.78, 5) is 29.5. The summed E-state index contributed by atoms with van der Waals surface area (Å²) in [5.74, 6) is 0.246. The lowest BCUT2D eigenvalue weighted by Gasteiger charge is -2.14. The Bertz CT molecular complexity index is 1330. The summed E-state index contributed by atoms with van der Waals surface area (Å²) in [5, 5.41) is 8.39. The molecular weight excluding hydrogens is 430 g/mol. The number of urea groups is 1. The third kappa shape index (κ3) is 5.72. The summed E-state index contributed by atoms with van der Waals surface area (Å²) >= 11 is 0. The van der Waals surface area contributed by atoms with E-state index >= 15 is 0 Å². The highest BCUT2D eigenvalue weighted by Crippen LogP contribution is 2.23. The predicted octanol–water partition coefficient (Wildman–Crippen LogP) is 5.00. The molecule has 174 valence electrons. The van der Waals surface area contributed by atoms with Crippen LogP contribution in [0, 0.1) is 6.92 Å². The molecule has 0 fully saturated rings. The molecule has 3 amide bonds. The summed E-state index contributed by atoms with van der Waals surface area (Å²) < 4.78 is 7.85. The maximum absolute atomic E-state index is 12.9. The number of benzene rings is 2. The number of carbonyl (C=O) groups is 2. The van der Waals surface area contributed by atoms with Crippen molar-refractivity contribution in [2.24, 2.45) is 0 Å². The normalized spacial score (nSPS) is 10.8. The van der Waals surface area contributed by atoms with E-state index in [9.17, 15) is 9.59 Å². The van der Waals surface area contributed by atoms with E-state index in [1.165, 1.54) is 0 Å². The lowest BCUT2D eigenvalue weighted by atomic mass is 10.2. The third-order valence-corrected chi connectivity index (χ3v) is 4.97. The molecule has 2 aromatic heterocycles. The zero-order valence-electron chi connectivity index (χ0n) is 19.3. The molecular formula is C26H27N5O3. The molecule has 0 aliphatic rings. The largest absolute Gasteiger partial charge is 0.487 e. The van der Waals surface area contributed by atoms with Crippen LogP contribution < -0.4 is 20.7 Å². The van der Waals surface area contributed by atoms with Crippen LogP contribution in [0.15, 0.2) is 73.1 Å². The minimum Gasteiger partial charge on any atom is -0.487 e. The average Bonchev–Trinajstić information content (AvgIpc) is 3.20. The molecule has 0 aliphatic carbocycles. The van der Waals surface area contributed by atoms with E-state index in [-0.39, 0.29) is 24.6 Å². The number of ether oxygens (including phenoxy) is 1. The van der Waals surface area contributed by atoms with Gasteiger partial charge in [-0.2, -0.15) is 0 Å². The molecule has 0 atom stereocenters. The molecule has 4 rings (SSSR count). The Labute approximate surface area is 198 Å². The number of rotatable bonds is 7. The first-order chi connectivity index (χ1) is 16.4. The number of aromatic nitrogens is 2. The van der Waals surface area contributed by atoms with Gasteiger partial charge in [0.05, 0.1) is 17.1 Å². The number of amides is 3. The number of imidazole rings is 1. The summed E-state index contributed by atoms with van der Waals surface area (Å²) in [6.07, 6.45) is 3.94. The molecule has 34 heavy (non-hydrogen) atoms. The highest BCUT2D eigenvalue weighted by atomic mass is 16.5. The minimum atomic E-state index is -0.339. The first kappa shape index (κ1) is 22.8. The van der Waals surface area contributed by atoms with E-state index in [2.05, 4.69) is 20.9 Å². The van der Waals surface area contributed by atoms with Gasteiger partial charge in [0.1, 0.15) is 18.0 Å².